The van der Waals surface area contributed by atoms with E-state index in [0.717, 1.165) is 11.3 Å². The molecule has 0 aliphatic carbocycles. The zero-order valence-electron chi connectivity index (χ0n) is 8.85. The van der Waals surface area contributed by atoms with Gasteiger partial charge in [-0.25, -0.2) is 18.0 Å². The van der Waals surface area contributed by atoms with Gasteiger partial charge in [0.05, 0.1) is 0 Å². The summed E-state index contributed by atoms with van der Waals surface area (Å²) in [6.07, 6.45) is 0. The lowest BCUT2D eigenvalue weighted by molar-refractivity contribution is 0.0721. The van der Waals surface area contributed by atoms with Gasteiger partial charge in [0.1, 0.15) is 4.88 Å². The minimum Gasteiger partial charge on any atom is -0.416 e. The Morgan fingerprint density at radius 3 is 1.95 bits per heavy atom. The highest BCUT2D eigenvalue weighted by Crippen LogP contribution is 2.29. The molecule has 0 radical (unpaired) electrons. The van der Waals surface area contributed by atoms with Gasteiger partial charge in [0.25, 0.3) is 0 Å². The van der Waals surface area contributed by atoms with Crippen molar-refractivity contribution in [3.63, 3.8) is 0 Å². The fraction of sp³-hybridized carbons (Fsp3) is 0. The molecule has 0 amide bonds. The van der Waals surface area contributed by atoms with Gasteiger partial charge >= 0.3 is 5.97 Å². The normalized spacial score (nSPS) is 10.6. The highest BCUT2D eigenvalue weighted by molar-refractivity contribution is 7.12. The molecule has 0 aliphatic heterocycles. The highest BCUT2D eigenvalue weighted by Gasteiger charge is 2.28. The lowest BCUT2D eigenvalue weighted by atomic mass is 10.2. The Bertz CT molecular complexity index is 610. The standard InChI is InChI=1S/C11H3F5O2S/c12-5-6(13)8(15)10(9(16)7(5)14)18-11(17)4-2-1-3-19-4/h1-3H. The second-order valence-electron chi connectivity index (χ2n) is 3.27. The molecular formula is C11H3F5O2S. The second kappa shape index (κ2) is 4.96. The lowest BCUT2D eigenvalue weighted by Crippen LogP contribution is -2.12. The Balaban J connectivity index is 2.44. The van der Waals surface area contributed by atoms with Crippen LogP contribution in [0.25, 0.3) is 0 Å². The van der Waals surface area contributed by atoms with Crippen LogP contribution in [0.5, 0.6) is 5.75 Å². The van der Waals surface area contributed by atoms with Crippen molar-refractivity contribution in [2.24, 2.45) is 0 Å². The summed E-state index contributed by atoms with van der Waals surface area (Å²) >= 11 is 0.893. The first-order valence-corrected chi connectivity index (χ1v) is 5.58. The first-order chi connectivity index (χ1) is 8.93. The Hall–Kier alpha value is -1.96. The highest BCUT2D eigenvalue weighted by atomic mass is 32.1. The number of carbonyl (C=O) groups is 1. The van der Waals surface area contributed by atoms with Crippen molar-refractivity contribution < 1.29 is 31.5 Å². The van der Waals surface area contributed by atoms with E-state index in [9.17, 15) is 26.7 Å². The number of benzene rings is 1. The average Bonchev–Trinajstić information content (AvgIpc) is 2.93. The molecule has 0 atom stereocenters. The third kappa shape index (κ3) is 2.30. The summed E-state index contributed by atoms with van der Waals surface area (Å²) in [5, 5.41) is 1.48. The largest absolute Gasteiger partial charge is 0.416 e. The number of hydrogen-bond donors (Lipinski definition) is 0. The lowest BCUT2D eigenvalue weighted by Gasteiger charge is -2.07. The van der Waals surface area contributed by atoms with Gasteiger partial charge in [0, 0.05) is 0 Å². The van der Waals surface area contributed by atoms with Gasteiger partial charge in [-0.05, 0) is 11.4 Å². The third-order valence-electron chi connectivity index (χ3n) is 2.09. The van der Waals surface area contributed by atoms with Crippen molar-refractivity contribution in [3.05, 3.63) is 51.5 Å². The van der Waals surface area contributed by atoms with Crippen molar-refractivity contribution in [2.75, 3.05) is 0 Å². The van der Waals surface area contributed by atoms with E-state index in [-0.39, 0.29) is 4.88 Å². The number of thiophene rings is 1. The van der Waals surface area contributed by atoms with Crippen LogP contribution in [0.4, 0.5) is 22.0 Å². The van der Waals surface area contributed by atoms with Crippen LogP contribution in [0.2, 0.25) is 0 Å². The van der Waals surface area contributed by atoms with Gasteiger partial charge in [-0.2, -0.15) is 8.78 Å². The Kier molecular flexibility index (Phi) is 3.52. The van der Waals surface area contributed by atoms with Crippen LogP contribution in [-0.2, 0) is 0 Å². The Morgan fingerprint density at radius 2 is 1.47 bits per heavy atom. The van der Waals surface area contributed by atoms with Crippen LogP contribution < -0.4 is 4.74 Å². The van der Waals surface area contributed by atoms with Crippen molar-refractivity contribution in [1.29, 1.82) is 0 Å². The summed E-state index contributed by atoms with van der Waals surface area (Å²) in [4.78, 5) is 11.4. The summed E-state index contributed by atoms with van der Waals surface area (Å²) in [7, 11) is 0. The molecule has 100 valence electrons. The summed E-state index contributed by atoms with van der Waals surface area (Å²) in [6, 6.07) is 2.73. The van der Waals surface area contributed by atoms with Gasteiger partial charge in [-0.15, -0.1) is 11.3 Å². The van der Waals surface area contributed by atoms with Gasteiger partial charge < -0.3 is 4.74 Å². The smallest absolute Gasteiger partial charge is 0.353 e. The molecule has 1 aromatic heterocycles. The van der Waals surface area contributed by atoms with E-state index in [4.69, 9.17) is 0 Å². The minimum atomic E-state index is -2.31. The number of halogens is 5. The first kappa shape index (κ1) is 13.5. The zero-order valence-corrected chi connectivity index (χ0v) is 9.66. The molecule has 0 saturated carbocycles. The second-order valence-corrected chi connectivity index (χ2v) is 4.21. The minimum absolute atomic E-state index is 0.0380. The molecule has 0 spiro atoms. The molecule has 0 saturated heterocycles. The summed E-state index contributed by atoms with van der Waals surface area (Å²) in [6.45, 7) is 0. The van der Waals surface area contributed by atoms with E-state index >= 15 is 0 Å². The number of hydrogen-bond acceptors (Lipinski definition) is 3. The molecule has 0 unspecified atom stereocenters. The average molecular weight is 294 g/mol. The van der Waals surface area contributed by atoms with Crippen molar-refractivity contribution in [1.82, 2.24) is 0 Å². The van der Waals surface area contributed by atoms with Crippen LogP contribution >= 0.6 is 11.3 Å². The van der Waals surface area contributed by atoms with Gasteiger partial charge in [-0.3, -0.25) is 0 Å². The van der Waals surface area contributed by atoms with Crippen molar-refractivity contribution >= 4 is 17.3 Å². The fourth-order valence-electron chi connectivity index (χ4n) is 1.21. The van der Waals surface area contributed by atoms with E-state index in [1.54, 1.807) is 0 Å². The molecule has 8 heteroatoms. The van der Waals surface area contributed by atoms with Crippen LogP contribution in [0, 0.1) is 29.1 Å². The molecule has 1 heterocycles. The molecule has 0 aliphatic rings. The van der Waals surface area contributed by atoms with E-state index in [1.165, 1.54) is 17.5 Å². The molecule has 2 aromatic rings. The maximum Gasteiger partial charge on any atom is 0.353 e. The Labute approximate surface area is 107 Å². The Morgan fingerprint density at radius 1 is 0.947 bits per heavy atom. The SMILES string of the molecule is O=C(Oc1c(F)c(F)c(F)c(F)c1F)c1cccs1. The quantitative estimate of drug-likeness (QED) is 0.278. The van der Waals surface area contributed by atoms with Crippen molar-refractivity contribution in [3.8, 4) is 5.75 Å². The van der Waals surface area contributed by atoms with E-state index in [1.807, 2.05) is 0 Å². The summed E-state index contributed by atoms with van der Waals surface area (Å²) in [5.41, 5.74) is 0. The molecule has 1 aromatic carbocycles. The third-order valence-corrected chi connectivity index (χ3v) is 2.94. The predicted octanol–water partition coefficient (Wildman–Crippen LogP) is 3.66. The zero-order chi connectivity index (χ0) is 14.2. The fourth-order valence-corrected chi connectivity index (χ4v) is 1.81. The number of carbonyl (C=O) groups excluding carboxylic acids is 1. The molecule has 0 N–H and O–H groups in total. The summed E-state index contributed by atoms with van der Waals surface area (Å²) in [5.74, 6) is -13.9. The predicted molar refractivity (Wildman–Crippen MR) is 55.5 cm³/mol. The van der Waals surface area contributed by atoms with E-state index < -0.39 is 40.8 Å². The van der Waals surface area contributed by atoms with Crippen LogP contribution in [0.3, 0.4) is 0 Å². The molecule has 0 bridgehead atoms. The molecule has 0 fully saturated rings. The maximum absolute atomic E-state index is 13.2. The number of rotatable bonds is 2. The van der Waals surface area contributed by atoms with Crippen LogP contribution in [0.15, 0.2) is 17.5 Å². The van der Waals surface area contributed by atoms with Gasteiger partial charge in [-0.1, -0.05) is 6.07 Å². The summed E-state index contributed by atoms with van der Waals surface area (Å²) < 4.78 is 69.1. The molecule has 2 rings (SSSR count). The molecular weight excluding hydrogens is 291 g/mol. The van der Waals surface area contributed by atoms with Gasteiger partial charge in [0.2, 0.25) is 34.8 Å². The number of ether oxygens (including phenoxy) is 1. The van der Waals surface area contributed by atoms with E-state index in [2.05, 4.69) is 4.74 Å². The monoisotopic (exact) mass is 294 g/mol. The van der Waals surface area contributed by atoms with Gasteiger partial charge in [0.15, 0.2) is 0 Å². The maximum atomic E-state index is 13.2. The van der Waals surface area contributed by atoms with E-state index in [0.29, 0.717) is 0 Å². The van der Waals surface area contributed by atoms with Crippen LogP contribution in [0.1, 0.15) is 9.67 Å². The van der Waals surface area contributed by atoms with Crippen LogP contribution in [-0.4, -0.2) is 5.97 Å². The van der Waals surface area contributed by atoms with Crippen molar-refractivity contribution in [2.45, 2.75) is 0 Å². The first-order valence-electron chi connectivity index (χ1n) is 4.70. The molecule has 2 nitrogen and oxygen atoms in total. The molecule has 19 heavy (non-hydrogen) atoms. The topological polar surface area (TPSA) is 26.3 Å². The number of esters is 1.